The molecule has 1 aromatic heterocycles. The van der Waals surface area contributed by atoms with Gasteiger partial charge in [0.2, 0.25) is 0 Å². The molecule has 1 fully saturated rings. The molecule has 1 amide bonds. The van der Waals surface area contributed by atoms with Crippen LogP contribution in [0.1, 0.15) is 21.9 Å². The highest BCUT2D eigenvalue weighted by Crippen LogP contribution is 2.14. The van der Waals surface area contributed by atoms with Crippen LogP contribution in [0, 0.1) is 0 Å². The molecule has 0 saturated carbocycles. The van der Waals surface area contributed by atoms with Crippen LogP contribution in [-0.4, -0.2) is 60.2 Å². The summed E-state index contributed by atoms with van der Waals surface area (Å²) in [6, 6.07) is 0. The Labute approximate surface area is 116 Å². The van der Waals surface area contributed by atoms with Crippen molar-refractivity contribution < 1.29 is 9.90 Å². The van der Waals surface area contributed by atoms with Gasteiger partial charge in [0.1, 0.15) is 10.7 Å². The molecule has 1 aliphatic rings. The Morgan fingerprint density at radius 1 is 1.68 bits per heavy atom. The first-order valence-electron chi connectivity index (χ1n) is 6.29. The Bertz CT molecular complexity index is 441. The molecule has 7 heteroatoms. The fourth-order valence-corrected chi connectivity index (χ4v) is 2.87. The molecular weight excluding hydrogens is 264 g/mol. The van der Waals surface area contributed by atoms with Crippen LogP contribution in [0.15, 0.2) is 5.38 Å². The van der Waals surface area contributed by atoms with Crippen LogP contribution in [0.25, 0.3) is 0 Å². The third-order valence-corrected chi connectivity index (χ3v) is 3.87. The van der Waals surface area contributed by atoms with E-state index in [2.05, 4.69) is 15.6 Å². The normalized spacial score (nSPS) is 22.9. The average molecular weight is 284 g/mol. The number of aliphatic hydroxyl groups is 1. The molecule has 3 N–H and O–H groups in total. The summed E-state index contributed by atoms with van der Waals surface area (Å²) in [4.78, 5) is 18.2. The van der Waals surface area contributed by atoms with Gasteiger partial charge in [0.05, 0.1) is 5.60 Å². The highest BCUT2D eigenvalue weighted by Gasteiger charge is 2.31. The van der Waals surface area contributed by atoms with Gasteiger partial charge in [-0.3, -0.25) is 4.79 Å². The summed E-state index contributed by atoms with van der Waals surface area (Å²) in [6.45, 7) is 2.30. The smallest absolute Gasteiger partial charge is 0.270 e. The lowest BCUT2D eigenvalue weighted by Gasteiger charge is -2.21. The second-order valence-corrected chi connectivity index (χ2v) is 6.14. The number of thiazole rings is 1. The number of nitrogens with one attached hydrogen (secondary N) is 2. The van der Waals surface area contributed by atoms with E-state index in [1.54, 1.807) is 5.38 Å². The third kappa shape index (κ3) is 3.97. The molecule has 6 nitrogen and oxygen atoms in total. The van der Waals surface area contributed by atoms with E-state index in [1.807, 2.05) is 19.0 Å². The first-order chi connectivity index (χ1) is 8.98. The minimum absolute atomic E-state index is 0.221. The lowest BCUT2D eigenvalue weighted by Crippen LogP contribution is -2.44. The third-order valence-electron chi connectivity index (χ3n) is 3.04. The zero-order valence-electron chi connectivity index (χ0n) is 11.3. The van der Waals surface area contributed by atoms with Gasteiger partial charge in [0.25, 0.3) is 5.91 Å². The number of hydrogen-bond donors (Lipinski definition) is 3. The summed E-state index contributed by atoms with van der Waals surface area (Å²) in [5.74, 6) is -0.221. The van der Waals surface area contributed by atoms with Crippen LogP contribution in [-0.2, 0) is 6.54 Å². The monoisotopic (exact) mass is 284 g/mol. The number of hydrogen-bond acceptors (Lipinski definition) is 6. The second kappa shape index (κ2) is 5.96. The van der Waals surface area contributed by atoms with Crippen LogP contribution in [0.3, 0.4) is 0 Å². The largest absolute Gasteiger partial charge is 0.387 e. The molecule has 1 unspecified atom stereocenters. The Kier molecular flexibility index (Phi) is 4.51. The highest BCUT2D eigenvalue weighted by atomic mass is 32.1. The predicted octanol–water partition coefficient (Wildman–Crippen LogP) is -0.341. The van der Waals surface area contributed by atoms with Crippen molar-refractivity contribution in [1.82, 2.24) is 20.5 Å². The van der Waals surface area contributed by atoms with Crippen LogP contribution >= 0.6 is 11.3 Å². The number of carbonyl (C=O) groups is 1. The molecule has 0 radical (unpaired) electrons. The maximum atomic E-state index is 11.9. The van der Waals surface area contributed by atoms with E-state index in [9.17, 15) is 9.90 Å². The SMILES string of the molecule is CN(C)Cc1nc(C(=O)NCC2(O)CCNC2)cs1. The summed E-state index contributed by atoms with van der Waals surface area (Å²) >= 11 is 1.47. The van der Waals surface area contributed by atoms with Crippen LogP contribution in [0.5, 0.6) is 0 Å². The first-order valence-corrected chi connectivity index (χ1v) is 7.17. The van der Waals surface area contributed by atoms with Crippen molar-refractivity contribution in [1.29, 1.82) is 0 Å². The van der Waals surface area contributed by atoms with Gasteiger partial charge < -0.3 is 20.6 Å². The van der Waals surface area contributed by atoms with E-state index in [0.717, 1.165) is 18.1 Å². The molecular formula is C12H20N4O2S. The van der Waals surface area contributed by atoms with Gasteiger partial charge in [-0.2, -0.15) is 0 Å². The van der Waals surface area contributed by atoms with Crippen molar-refractivity contribution in [3.63, 3.8) is 0 Å². The van der Waals surface area contributed by atoms with Gasteiger partial charge in [-0.25, -0.2) is 4.98 Å². The van der Waals surface area contributed by atoms with Gasteiger partial charge in [-0.05, 0) is 27.1 Å². The van der Waals surface area contributed by atoms with Crippen LogP contribution < -0.4 is 10.6 Å². The number of nitrogens with zero attached hydrogens (tertiary/aromatic N) is 2. The number of rotatable bonds is 5. The zero-order chi connectivity index (χ0) is 13.9. The Morgan fingerprint density at radius 3 is 3.11 bits per heavy atom. The fraction of sp³-hybridized carbons (Fsp3) is 0.667. The molecule has 1 saturated heterocycles. The predicted molar refractivity (Wildman–Crippen MR) is 74.3 cm³/mol. The van der Waals surface area contributed by atoms with E-state index in [0.29, 0.717) is 18.7 Å². The van der Waals surface area contributed by atoms with Gasteiger partial charge >= 0.3 is 0 Å². The van der Waals surface area contributed by atoms with Crippen molar-refractivity contribution in [3.05, 3.63) is 16.1 Å². The number of aromatic nitrogens is 1. The number of amides is 1. The molecule has 1 aliphatic heterocycles. The van der Waals surface area contributed by atoms with Crippen molar-refractivity contribution in [2.24, 2.45) is 0 Å². The summed E-state index contributed by atoms with van der Waals surface area (Å²) in [6.07, 6.45) is 0.663. The molecule has 106 valence electrons. The average Bonchev–Trinajstić information content (AvgIpc) is 2.95. The molecule has 0 bridgehead atoms. The lowest BCUT2D eigenvalue weighted by atomic mass is 10.0. The highest BCUT2D eigenvalue weighted by molar-refractivity contribution is 7.09. The van der Waals surface area contributed by atoms with Crippen molar-refractivity contribution in [3.8, 4) is 0 Å². The second-order valence-electron chi connectivity index (χ2n) is 5.20. The van der Waals surface area contributed by atoms with E-state index in [4.69, 9.17) is 0 Å². The number of β-amino-alcohol motifs (C(OH)–C–C–N with tert-alkyl or cyclic N) is 1. The molecule has 0 aromatic carbocycles. The standard InChI is InChI=1S/C12H20N4O2S/c1-16(2)5-10-15-9(6-19-10)11(17)14-8-12(18)3-4-13-7-12/h6,13,18H,3-5,7-8H2,1-2H3,(H,14,17). The van der Waals surface area contributed by atoms with Crippen molar-refractivity contribution in [2.45, 2.75) is 18.6 Å². The topological polar surface area (TPSA) is 77.5 Å². The zero-order valence-corrected chi connectivity index (χ0v) is 12.1. The van der Waals surface area contributed by atoms with Gasteiger partial charge in [-0.1, -0.05) is 0 Å². The minimum atomic E-state index is -0.821. The first kappa shape index (κ1) is 14.4. The van der Waals surface area contributed by atoms with Crippen molar-refractivity contribution >= 4 is 17.2 Å². The van der Waals surface area contributed by atoms with Crippen LogP contribution in [0.2, 0.25) is 0 Å². The summed E-state index contributed by atoms with van der Waals surface area (Å²) in [5, 5.41) is 18.6. The summed E-state index contributed by atoms with van der Waals surface area (Å²) in [7, 11) is 3.92. The molecule has 19 heavy (non-hydrogen) atoms. The summed E-state index contributed by atoms with van der Waals surface area (Å²) < 4.78 is 0. The molecule has 0 aliphatic carbocycles. The van der Waals surface area contributed by atoms with Gasteiger partial charge in [0.15, 0.2) is 0 Å². The number of carbonyl (C=O) groups excluding carboxylic acids is 1. The lowest BCUT2D eigenvalue weighted by molar-refractivity contribution is 0.0560. The molecule has 2 rings (SSSR count). The Morgan fingerprint density at radius 2 is 2.47 bits per heavy atom. The minimum Gasteiger partial charge on any atom is -0.387 e. The quantitative estimate of drug-likeness (QED) is 0.689. The van der Waals surface area contributed by atoms with Crippen LogP contribution in [0.4, 0.5) is 0 Å². The van der Waals surface area contributed by atoms with Gasteiger partial charge in [-0.15, -0.1) is 11.3 Å². The maximum Gasteiger partial charge on any atom is 0.270 e. The van der Waals surface area contributed by atoms with Crippen molar-refractivity contribution in [2.75, 3.05) is 33.7 Å². The van der Waals surface area contributed by atoms with E-state index >= 15 is 0 Å². The maximum absolute atomic E-state index is 11.9. The van der Waals surface area contributed by atoms with E-state index in [-0.39, 0.29) is 12.5 Å². The van der Waals surface area contributed by atoms with E-state index < -0.39 is 5.60 Å². The fourth-order valence-electron chi connectivity index (χ4n) is 1.98. The molecule has 1 atom stereocenters. The molecule has 0 spiro atoms. The Hall–Kier alpha value is -1.02. The molecule has 1 aromatic rings. The van der Waals surface area contributed by atoms with Gasteiger partial charge in [0, 0.05) is 25.0 Å². The summed E-state index contributed by atoms with van der Waals surface area (Å²) in [5.41, 5.74) is -0.394. The van der Waals surface area contributed by atoms with E-state index in [1.165, 1.54) is 11.3 Å². The Balaban J connectivity index is 1.87. The molecule has 2 heterocycles.